The van der Waals surface area contributed by atoms with Crippen LogP contribution in [0.25, 0.3) is 16.8 Å². The van der Waals surface area contributed by atoms with E-state index in [1.807, 2.05) is 0 Å². The molecular weight excluding hydrogens is 486 g/mol. The maximum atomic E-state index is 13.2. The molecule has 1 amide bonds. The smallest absolute Gasteiger partial charge is 0.274 e. The Hall–Kier alpha value is -3.92. The lowest BCUT2D eigenvalue weighted by atomic mass is 10.1. The Morgan fingerprint density at radius 2 is 1.71 bits per heavy atom. The van der Waals surface area contributed by atoms with Gasteiger partial charge in [-0.15, -0.1) is 0 Å². The van der Waals surface area contributed by atoms with Crippen molar-refractivity contribution in [2.45, 2.75) is 11.8 Å². The second kappa shape index (κ2) is 9.38. The average Bonchev–Trinajstić information content (AvgIpc) is 3.13. The molecule has 0 atom stereocenters. The Bertz CT molecular complexity index is 1560. The monoisotopic (exact) mass is 507 g/mol. The van der Waals surface area contributed by atoms with Gasteiger partial charge < -0.3 is 15.6 Å². The van der Waals surface area contributed by atoms with Crippen LogP contribution in [0.4, 0.5) is 5.69 Å². The summed E-state index contributed by atoms with van der Waals surface area (Å²) < 4.78 is 25.5. The molecule has 0 saturated heterocycles. The van der Waals surface area contributed by atoms with Gasteiger partial charge in [-0.25, -0.2) is 13.6 Å². The van der Waals surface area contributed by atoms with Gasteiger partial charge >= 0.3 is 0 Å². The van der Waals surface area contributed by atoms with Crippen LogP contribution >= 0.6 is 11.6 Å². The van der Waals surface area contributed by atoms with Crippen LogP contribution in [0.5, 0.6) is 0 Å². The van der Waals surface area contributed by atoms with Crippen molar-refractivity contribution in [2.24, 2.45) is 10.9 Å². The molecule has 10 heteroatoms. The quantitative estimate of drug-likeness (QED) is 0.228. The van der Waals surface area contributed by atoms with Crippen LogP contribution in [0.1, 0.15) is 21.6 Å². The van der Waals surface area contributed by atoms with Crippen LogP contribution in [-0.4, -0.2) is 24.7 Å². The van der Waals surface area contributed by atoms with Gasteiger partial charge in [-0.1, -0.05) is 54.1 Å². The number of nitrogen functional groups attached to an aromatic ring is 1. The first-order valence-electron chi connectivity index (χ1n) is 10.4. The van der Waals surface area contributed by atoms with Crippen LogP contribution in [0.2, 0.25) is 5.02 Å². The molecule has 0 bridgehead atoms. The number of nitrogens with two attached hydrogens (primary N) is 2. The second-order valence-corrected chi connectivity index (χ2v) is 9.79. The zero-order valence-corrected chi connectivity index (χ0v) is 20.2. The highest BCUT2D eigenvalue weighted by Crippen LogP contribution is 2.30. The molecule has 4 aromatic rings. The number of anilines is 1. The molecule has 1 aromatic heterocycles. The van der Waals surface area contributed by atoms with Gasteiger partial charge in [0.25, 0.3) is 5.91 Å². The van der Waals surface area contributed by atoms with Gasteiger partial charge in [-0.3, -0.25) is 10.2 Å². The predicted octanol–water partition coefficient (Wildman–Crippen LogP) is 4.29. The van der Waals surface area contributed by atoms with Crippen LogP contribution in [0.15, 0.2) is 83.9 Å². The number of benzene rings is 3. The molecular formula is C25H22ClN5O3S. The summed E-state index contributed by atoms with van der Waals surface area (Å²) in [4.78, 5) is 13.2. The molecule has 0 fully saturated rings. The maximum absolute atomic E-state index is 13.2. The minimum absolute atomic E-state index is 0.0182. The second-order valence-electron chi connectivity index (χ2n) is 7.88. The third-order valence-corrected chi connectivity index (χ3v) is 6.86. The lowest BCUT2D eigenvalue weighted by molar-refractivity contribution is 0.102. The van der Waals surface area contributed by atoms with Crippen molar-refractivity contribution in [2.75, 3.05) is 5.32 Å². The highest BCUT2D eigenvalue weighted by molar-refractivity contribution is 7.89. The van der Waals surface area contributed by atoms with E-state index in [9.17, 15) is 13.2 Å². The van der Waals surface area contributed by atoms with Crippen molar-refractivity contribution in [1.29, 1.82) is 5.41 Å². The summed E-state index contributed by atoms with van der Waals surface area (Å²) in [5, 5.41) is 16.1. The van der Waals surface area contributed by atoms with Crippen molar-refractivity contribution in [1.82, 2.24) is 4.57 Å². The fraction of sp³-hybridized carbons (Fsp3) is 0.0400. The third-order valence-electron chi connectivity index (χ3n) is 5.42. The molecule has 0 aliphatic heterocycles. The Kier molecular flexibility index (Phi) is 6.49. The zero-order chi connectivity index (χ0) is 25.3. The number of primary sulfonamides is 1. The molecule has 0 aliphatic rings. The number of rotatable bonds is 6. The number of hydrogen-bond donors (Lipinski definition) is 4. The molecule has 0 spiro atoms. The predicted molar refractivity (Wildman–Crippen MR) is 138 cm³/mol. The minimum Gasteiger partial charge on any atom is -0.384 e. The first-order chi connectivity index (χ1) is 16.6. The summed E-state index contributed by atoms with van der Waals surface area (Å²) in [6, 6.07) is 20.1. The van der Waals surface area contributed by atoms with E-state index in [0.29, 0.717) is 38.7 Å². The fourth-order valence-corrected chi connectivity index (χ4v) is 4.71. The summed E-state index contributed by atoms with van der Waals surface area (Å²) in [6.07, 6.45) is 1.74. The highest BCUT2D eigenvalue weighted by atomic mass is 35.5. The van der Waals surface area contributed by atoms with Crippen LogP contribution in [-0.2, 0) is 10.0 Å². The van der Waals surface area contributed by atoms with Gasteiger partial charge in [-0.2, -0.15) is 0 Å². The Labute approximate surface area is 207 Å². The first-order valence-corrected chi connectivity index (χ1v) is 12.3. The van der Waals surface area contributed by atoms with Crippen molar-refractivity contribution < 1.29 is 13.2 Å². The number of sulfonamides is 1. The molecule has 3 aromatic carbocycles. The molecule has 6 N–H and O–H groups in total. The van der Waals surface area contributed by atoms with Gasteiger partial charge in [0.15, 0.2) is 0 Å². The summed E-state index contributed by atoms with van der Waals surface area (Å²) in [5.41, 5.74) is 9.29. The largest absolute Gasteiger partial charge is 0.384 e. The summed E-state index contributed by atoms with van der Waals surface area (Å²) >= 11 is 6.48. The zero-order valence-electron chi connectivity index (χ0n) is 18.6. The van der Waals surface area contributed by atoms with Crippen molar-refractivity contribution in [3.63, 3.8) is 0 Å². The molecule has 35 heavy (non-hydrogen) atoms. The Morgan fingerprint density at radius 1 is 1.03 bits per heavy atom. The maximum Gasteiger partial charge on any atom is 0.274 e. The number of halogens is 1. The number of nitrogens with one attached hydrogen (secondary N) is 2. The van der Waals surface area contributed by atoms with E-state index >= 15 is 0 Å². The van der Waals surface area contributed by atoms with Gasteiger partial charge in [0, 0.05) is 28.7 Å². The van der Waals surface area contributed by atoms with E-state index in [1.165, 1.54) is 6.07 Å². The van der Waals surface area contributed by atoms with Gasteiger partial charge in [0.1, 0.15) is 11.5 Å². The molecule has 8 nitrogen and oxygen atoms in total. The number of nitrogens with zero attached hydrogens (tertiary/aromatic N) is 1. The Morgan fingerprint density at radius 3 is 2.37 bits per heavy atom. The number of aryl methyl sites for hydroxylation is 1. The number of carbonyl (C=O) groups is 1. The van der Waals surface area contributed by atoms with Crippen LogP contribution < -0.4 is 16.2 Å². The third kappa shape index (κ3) is 4.97. The van der Waals surface area contributed by atoms with E-state index in [2.05, 4.69) is 5.32 Å². The summed E-state index contributed by atoms with van der Waals surface area (Å²) in [7, 11) is -3.90. The SMILES string of the molecule is Cc1cn(-c2cccc(C(=N)N)c2)c(C(=O)Nc2ccc(-c3ccccc3S(N)(=O)=O)cc2)c1Cl. The average molecular weight is 508 g/mol. The van der Waals surface area contributed by atoms with E-state index in [-0.39, 0.29) is 16.4 Å². The highest BCUT2D eigenvalue weighted by Gasteiger charge is 2.21. The summed E-state index contributed by atoms with van der Waals surface area (Å²) in [5.74, 6) is -0.522. The van der Waals surface area contributed by atoms with E-state index in [0.717, 1.165) is 0 Å². The van der Waals surface area contributed by atoms with E-state index in [1.54, 1.807) is 84.4 Å². The molecule has 0 unspecified atom stereocenters. The fourth-order valence-electron chi connectivity index (χ4n) is 3.72. The molecule has 1 heterocycles. The molecule has 0 saturated carbocycles. The molecule has 0 aliphatic carbocycles. The van der Waals surface area contributed by atoms with Crippen molar-refractivity contribution in [3.05, 3.63) is 101 Å². The van der Waals surface area contributed by atoms with Gasteiger partial charge in [-0.05, 0) is 48.4 Å². The minimum atomic E-state index is -3.90. The standard InChI is InChI=1S/C25H22ClN5O3S/c1-15-14-31(19-6-4-5-17(13-19)24(27)28)23(22(15)26)25(32)30-18-11-9-16(10-12-18)20-7-2-3-8-21(20)35(29,33)34/h2-14H,1H3,(H3,27,28)(H,30,32)(H2,29,33,34). The lowest BCUT2D eigenvalue weighted by Crippen LogP contribution is -2.17. The van der Waals surface area contributed by atoms with Crippen molar-refractivity contribution >= 4 is 39.1 Å². The van der Waals surface area contributed by atoms with Gasteiger partial charge in [0.05, 0.1) is 9.92 Å². The number of aromatic nitrogens is 1. The topological polar surface area (TPSA) is 144 Å². The van der Waals surface area contributed by atoms with E-state index in [4.69, 9.17) is 27.9 Å². The number of amidine groups is 1. The molecule has 4 rings (SSSR count). The number of amides is 1. The first kappa shape index (κ1) is 24.2. The van der Waals surface area contributed by atoms with Crippen LogP contribution in [0, 0.1) is 12.3 Å². The molecule has 0 radical (unpaired) electrons. The van der Waals surface area contributed by atoms with Crippen LogP contribution in [0.3, 0.4) is 0 Å². The number of hydrogen-bond acceptors (Lipinski definition) is 4. The van der Waals surface area contributed by atoms with E-state index < -0.39 is 15.9 Å². The Balaban J connectivity index is 1.65. The molecule has 178 valence electrons. The normalized spacial score (nSPS) is 11.3. The number of carbonyl (C=O) groups excluding carboxylic acids is 1. The lowest BCUT2D eigenvalue weighted by Gasteiger charge is -2.12. The van der Waals surface area contributed by atoms with Crippen molar-refractivity contribution in [3.8, 4) is 16.8 Å². The van der Waals surface area contributed by atoms with Gasteiger partial charge in [0.2, 0.25) is 10.0 Å². The summed E-state index contributed by atoms with van der Waals surface area (Å²) in [6.45, 7) is 1.79.